The van der Waals surface area contributed by atoms with Crippen LogP contribution in [-0.2, 0) is 16.6 Å². The fourth-order valence-electron chi connectivity index (χ4n) is 2.58. The van der Waals surface area contributed by atoms with E-state index in [9.17, 15) is 8.42 Å². The minimum atomic E-state index is -3.83. The Hall–Kier alpha value is -3.04. The predicted octanol–water partition coefficient (Wildman–Crippen LogP) is 3.90. The minimum Gasteiger partial charge on any atom is -0.337 e. The van der Waals surface area contributed by atoms with Crippen LogP contribution in [0.25, 0.3) is 11.4 Å². The molecule has 0 amide bonds. The van der Waals surface area contributed by atoms with E-state index in [0.717, 1.165) is 11.1 Å². The number of hydrogen-bond donors (Lipinski definition) is 0. The molecule has 28 heavy (non-hydrogen) atoms. The van der Waals surface area contributed by atoms with E-state index in [0.29, 0.717) is 11.0 Å². The van der Waals surface area contributed by atoms with Crippen LogP contribution < -0.4 is 4.31 Å². The Bertz CT molecular complexity index is 1160. The molecule has 2 aromatic heterocycles. The molecule has 0 N–H and O–H groups in total. The second-order valence-electron chi connectivity index (χ2n) is 6.02. The monoisotopic (exact) mass is 412 g/mol. The first-order valence-corrected chi connectivity index (χ1v) is 10.7. The molecule has 2 aromatic carbocycles. The van der Waals surface area contributed by atoms with Gasteiger partial charge in [-0.05, 0) is 19.1 Å². The zero-order valence-electron chi connectivity index (χ0n) is 14.9. The normalized spacial score (nSPS) is 11.5. The van der Waals surface area contributed by atoms with Gasteiger partial charge >= 0.3 is 0 Å². The molecule has 0 saturated heterocycles. The molecule has 9 heteroatoms. The Morgan fingerprint density at radius 1 is 1.07 bits per heavy atom. The summed E-state index contributed by atoms with van der Waals surface area (Å²) in [6, 6.07) is 15.9. The summed E-state index contributed by atoms with van der Waals surface area (Å²) in [5.74, 6) is 0.594. The number of benzene rings is 2. The number of anilines is 1. The van der Waals surface area contributed by atoms with Crippen molar-refractivity contribution < 1.29 is 12.9 Å². The van der Waals surface area contributed by atoms with E-state index in [1.54, 1.807) is 41.9 Å². The summed E-state index contributed by atoms with van der Waals surface area (Å²) in [4.78, 5) is 8.68. The fraction of sp³-hybridized carbons (Fsp3) is 0.105. The fourth-order valence-corrected chi connectivity index (χ4v) is 4.84. The smallest absolute Gasteiger partial charge is 0.266 e. The summed E-state index contributed by atoms with van der Waals surface area (Å²) in [6.07, 6.45) is 1.55. The van der Waals surface area contributed by atoms with Crippen molar-refractivity contribution in [2.24, 2.45) is 0 Å². The van der Waals surface area contributed by atoms with Crippen LogP contribution in [0.1, 0.15) is 11.5 Å². The molecule has 2 heterocycles. The van der Waals surface area contributed by atoms with Gasteiger partial charge in [-0.2, -0.15) is 4.98 Å². The third kappa shape index (κ3) is 3.67. The van der Waals surface area contributed by atoms with Crippen LogP contribution in [0.5, 0.6) is 0 Å². The third-order valence-corrected chi connectivity index (χ3v) is 6.68. The average molecular weight is 412 g/mol. The lowest BCUT2D eigenvalue weighted by molar-refractivity contribution is 0.380. The molecule has 0 bridgehead atoms. The molecular formula is C19H16N4O3S2. The van der Waals surface area contributed by atoms with Gasteiger partial charge in [0.1, 0.15) is 6.54 Å². The van der Waals surface area contributed by atoms with E-state index in [1.807, 2.05) is 31.2 Å². The van der Waals surface area contributed by atoms with Crippen molar-refractivity contribution in [3.05, 3.63) is 77.6 Å². The van der Waals surface area contributed by atoms with Gasteiger partial charge in [-0.15, -0.1) is 11.3 Å². The van der Waals surface area contributed by atoms with Crippen LogP contribution in [-0.4, -0.2) is 23.5 Å². The molecule has 4 rings (SSSR count). The van der Waals surface area contributed by atoms with Crippen molar-refractivity contribution in [3.8, 4) is 11.4 Å². The summed E-state index contributed by atoms with van der Waals surface area (Å²) < 4.78 is 32.8. The first-order chi connectivity index (χ1) is 13.5. The molecule has 0 radical (unpaired) electrons. The summed E-state index contributed by atoms with van der Waals surface area (Å²) in [6.45, 7) is 1.88. The summed E-state index contributed by atoms with van der Waals surface area (Å²) >= 11 is 1.22. The maximum absolute atomic E-state index is 13.2. The first-order valence-electron chi connectivity index (χ1n) is 8.41. The standard InChI is InChI=1S/C19H16N4O3S2/c1-14-7-9-15(10-8-14)18-21-17(26-22-18)13-23(19-20-11-12-27-19)28(24,25)16-5-3-2-4-6-16/h2-12H,13H2,1H3. The van der Waals surface area contributed by atoms with Gasteiger partial charge in [-0.25, -0.2) is 17.7 Å². The van der Waals surface area contributed by atoms with Crippen LogP contribution in [0, 0.1) is 6.92 Å². The summed E-state index contributed by atoms with van der Waals surface area (Å²) in [5, 5.41) is 6.03. The van der Waals surface area contributed by atoms with Crippen molar-refractivity contribution in [1.29, 1.82) is 0 Å². The molecule has 0 unspecified atom stereocenters. The number of aromatic nitrogens is 3. The maximum Gasteiger partial charge on any atom is 0.266 e. The SMILES string of the molecule is Cc1ccc(-c2noc(CN(c3nccs3)S(=O)(=O)c3ccccc3)n2)cc1. The Kier molecular flexibility index (Phi) is 4.93. The molecule has 0 fully saturated rings. The second kappa shape index (κ2) is 7.53. The Morgan fingerprint density at radius 2 is 1.82 bits per heavy atom. The van der Waals surface area contributed by atoms with Crippen LogP contribution >= 0.6 is 11.3 Å². The van der Waals surface area contributed by atoms with Gasteiger partial charge in [0.15, 0.2) is 5.13 Å². The highest BCUT2D eigenvalue weighted by molar-refractivity contribution is 7.93. The maximum atomic E-state index is 13.2. The van der Waals surface area contributed by atoms with E-state index in [-0.39, 0.29) is 17.3 Å². The highest BCUT2D eigenvalue weighted by Crippen LogP contribution is 2.27. The predicted molar refractivity (Wildman–Crippen MR) is 106 cm³/mol. The Labute approximate surface area is 166 Å². The molecule has 0 spiro atoms. The highest BCUT2D eigenvalue weighted by atomic mass is 32.2. The average Bonchev–Trinajstić information content (AvgIpc) is 3.39. The number of rotatable bonds is 6. The van der Waals surface area contributed by atoms with Crippen LogP contribution in [0.15, 0.2) is 75.6 Å². The van der Waals surface area contributed by atoms with Gasteiger partial charge in [0.2, 0.25) is 11.7 Å². The van der Waals surface area contributed by atoms with E-state index < -0.39 is 10.0 Å². The van der Waals surface area contributed by atoms with Gasteiger partial charge in [0.25, 0.3) is 10.0 Å². The van der Waals surface area contributed by atoms with E-state index in [1.165, 1.54) is 15.6 Å². The van der Waals surface area contributed by atoms with Crippen molar-refractivity contribution >= 4 is 26.5 Å². The number of sulfonamides is 1. The molecule has 4 aromatic rings. The molecule has 0 aliphatic heterocycles. The van der Waals surface area contributed by atoms with Gasteiger partial charge in [-0.3, -0.25) is 0 Å². The molecule has 0 saturated carbocycles. The Morgan fingerprint density at radius 3 is 2.50 bits per heavy atom. The highest BCUT2D eigenvalue weighted by Gasteiger charge is 2.29. The molecule has 7 nitrogen and oxygen atoms in total. The quantitative estimate of drug-likeness (QED) is 0.477. The van der Waals surface area contributed by atoms with Gasteiger partial charge < -0.3 is 4.52 Å². The van der Waals surface area contributed by atoms with Crippen molar-refractivity contribution in [2.75, 3.05) is 4.31 Å². The van der Waals surface area contributed by atoms with Crippen LogP contribution in [0.2, 0.25) is 0 Å². The minimum absolute atomic E-state index is 0.108. The van der Waals surface area contributed by atoms with Crippen molar-refractivity contribution in [1.82, 2.24) is 15.1 Å². The number of thiazole rings is 1. The third-order valence-electron chi connectivity index (χ3n) is 4.02. The summed E-state index contributed by atoms with van der Waals surface area (Å²) in [7, 11) is -3.83. The first kappa shape index (κ1) is 18.3. The molecule has 0 aliphatic rings. The van der Waals surface area contributed by atoms with Gasteiger partial charge in [0, 0.05) is 17.1 Å². The number of nitrogens with zero attached hydrogens (tertiary/aromatic N) is 4. The lowest BCUT2D eigenvalue weighted by atomic mass is 10.1. The molecule has 0 aliphatic carbocycles. The van der Waals surface area contributed by atoms with E-state index >= 15 is 0 Å². The molecule has 142 valence electrons. The lowest BCUT2D eigenvalue weighted by Crippen LogP contribution is -2.30. The lowest BCUT2D eigenvalue weighted by Gasteiger charge is -2.19. The summed E-state index contributed by atoms with van der Waals surface area (Å²) in [5.41, 5.74) is 1.92. The zero-order chi connectivity index (χ0) is 19.6. The van der Waals surface area contributed by atoms with Crippen LogP contribution in [0.4, 0.5) is 5.13 Å². The van der Waals surface area contributed by atoms with E-state index in [2.05, 4.69) is 15.1 Å². The molecular weight excluding hydrogens is 396 g/mol. The molecule has 0 atom stereocenters. The van der Waals surface area contributed by atoms with Crippen molar-refractivity contribution in [2.45, 2.75) is 18.4 Å². The largest absolute Gasteiger partial charge is 0.337 e. The number of aryl methyl sites for hydroxylation is 1. The topological polar surface area (TPSA) is 89.2 Å². The van der Waals surface area contributed by atoms with Crippen molar-refractivity contribution in [3.63, 3.8) is 0 Å². The van der Waals surface area contributed by atoms with Gasteiger partial charge in [0.05, 0.1) is 4.90 Å². The van der Waals surface area contributed by atoms with E-state index in [4.69, 9.17) is 4.52 Å². The number of hydrogen-bond acceptors (Lipinski definition) is 7. The zero-order valence-corrected chi connectivity index (χ0v) is 16.5. The second-order valence-corrected chi connectivity index (χ2v) is 8.75. The van der Waals surface area contributed by atoms with Gasteiger partial charge in [-0.1, -0.05) is 53.2 Å². The van der Waals surface area contributed by atoms with Crippen LogP contribution in [0.3, 0.4) is 0 Å². The Balaban J connectivity index is 1.67.